The first-order valence-electron chi connectivity index (χ1n) is 6.37. The van der Waals surface area contributed by atoms with E-state index in [0.29, 0.717) is 12.5 Å². The van der Waals surface area contributed by atoms with Gasteiger partial charge in [0.15, 0.2) is 0 Å². The largest absolute Gasteiger partial charge is 0.355 e. The molecule has 3 nitrogen and oxygen atoms in total. The van der Waals surface area contributed by atoms with Crippen molar-refractivity contribution in [1.82, 2.24) is 10.6 Å². The van der Waals surface area contributed by atoms with Crippen molar-refractivity contribution in [2.45, 2.75) is 30.7 Å². The lowest BCUT2D eigenvalue weighted by Gasteiger charge is -2.33. The van der Waals surface area contributed by atoms with Crippen LogP contribution in [-0.4, -0.2) is 25.0 Å². The highest BCUT2D eigenvalue weighted by Crippen LogP contribution is 2.40. The third kappa shape index (κ3) is 1.75. The van der Waals surface area contributed by atoms with Crippen LogP contribution >= 0.6 is 0 Å². The Morgan fingerprint density at radius 2 is 2.00 bits per heavy atom. The van der Waals surface area contributed by atoms with Gasteiger partial charge in [-0.05, 0) is 24.9 Å². The van der Waals surface area contributed by atoms with Crippen LogP contribution in [0.4, 0.5) is 0 Å². The molecule has 0 bridgehead atoms. The maximum Gasteiger partial charge on any atom is 0.220 e. The number of rotatable bonds is 1. The first-order chi connectivity index (χ1) is 8.31. The summed E-state index contributed by atoms with van der Waals surface area (Å²) in [5.41, 5.74) is 1.53. The smallest absolute Gasteiger partial charge is 0.220 e. The molecule has 0 aliphatic carbocycles. The molecular formula is C14H18N2O. The summed E-state index contributed by atoms with van der Waals surface area (Å²) < 4.78 is 0. The molecule has 2 atom stereocenters. The molecule has 0 radical (unpaired) electrons. The van der Waals surface area contributed by atoms with Gasteiger partial charge in [0.2, 0.25) is 5.91 Å². The number of carbonyl (C=O) groups is 1. The predicted molar refractivity (Wildman–Crippen MR) is 66.8 cm³/mol. The van der Waals surface area contributed by atoms with E-state index in [9.17, 15) is 4.79 Å². The lowest BCUT2D eigenvalue weighted by atomic mass is 9.71. The highest BCUT2D eigenvalue weighted by Gasteiger charge is 2.45. The van der Waals surface area contributed by atoms with Crippen LogP contribution in [0.15, 0.2) is 30.3 Å². The third-order valence-electron chi connectivity index (χ3n) is 4.28. The molecule has 2 N–H and O–H groups in total. The summed E-state index contributed by atoms with van der Waals surface area (Å²) in [4.78, 5) is 11.5. The Bertz CT molecular complexity index is 417. The second-order valence-corrected chi connectivity index (χ2v) is 5.08. The van der Waals surface area contributed by atoms with Crippen molar-refractivity contribution in [1.29, 1.82) is 0 Å². The molecule has 2 fully saturated rings. The summed E-state index contributed by atoms with van der Waals surface area (Å²) in [5.74, 6) is 0.191. The lowest BCUT2D eigenvalue weighted by molar-refractivity contribution is -0.120. The van der Waals surface area contributed by atoms with Gasteiger partial charge in [0, 0.05) is 24.4 Å². The topological polar surface area (TPSA) is 41.1 Å². The molecule has 0 saturated carbocycles. The summed E-state index contributed by atoms with van der Waals surface area (Å²) in [6, 6.07) is 11.0. The van der Waals surface area contributed by atoms with Gasteiger partial charge in [0.1, 0.15) is 0 Å². The number of carbonyl (C=O) groups excluding carboxylic acids is 1. The van der Waals surface area contributed by atoms with Gasteiger partial charge >= 0.3 is 0 Å². The molecule has 0 aromatic heterocycles. The molecule has 3 rings (SSSR count). The van der Waals surface area contributed by atoms with Crippen LogP contribution in [-0.2, 0) is 10.2 Å². The molecule has 2 saturated heterocycles. The zero-order chi connectivity index (χ0) is 11.7. The number of hydrogen-bond donors (Lipinski definition) is 2. The lowest BCUT2D eigenvalue weighted by Crippen LogP contribution is -2.45. The fraction of sp³-hybridized carbons (Fsp3) is 0.500. The number of amides is 1. The second kappa shape index (κ2) is 4.15. The Kier molecular flexibility index (Phi) is 2.63. The minimum absolute atomic E-state index is 0.153. The molecule has 90 valence electrons. The third-order valence-corrected chi connectivity index (χ3v) is 4.28. The number of fused-ring (bicyclic) bond motifs is 1. The molecule has 0 spiro atoms. The number of hydrogen-bond acceptors (Lipinski definition) is 2. The average Bonchev–Trinajstić information content (AvgIpc) is 2.72. The minimum atomic E-state index is 0.153. The van der Waals surface area contributed by atoms with Crippen molar-refractivity contribution in [2.24, 2.45) is 0 Å². The van der Waals surface area contributed by atoms with Crippen LogP contribution in [0.5, 0.6) is 0 Å². The Labute approximate surface area is 102 Å². The number of benzene rings is 1. The number of nitrogens with one attached hydrogen (secondary N) is 2. The van der Waals surface area contributed by atoms with Gasteiger partial charge in [-0.15, -0.1) is 0 Å². The summed E-state index contributed by atoms with van der Waals surface area (Å²) >= 11 is 0. The molecule has 1 amide bonds. The van der Waals surface area contributed by atoms with Gasteiger partial charge in [0.25, 0.3) is 0 Å². The van der Waals surface area contributed by atoms with Crippen LogP contribution in [0.25, 0.3) is 0 Å². The summed E-state index contributed by atoms with van der Waals surface area (Å²) in [7, 11) is 0. The first kappa shape index (κ1) is 10.8. The summed E-state index contributed by atoms with van der Waals surface area (Å²) in [6.45, 7) is 1.81. The van der Waals surface area contributed by atoms with E-state index in [1.165, 1.54) is 5.56 Å². The SMILES string of the molecule is O=C1CC[C@]2(c3ccccc3)CCN[C@H]2CN1. The summed E-state index contributed by atoms with van der Waals surface area (Å²) in [6.07, 6.45) is 2.74. The molecule has 2 aliphatic rings. The van der Waals surface area contributed by atoms with Crippen molar-refractivity contribution in [2.75, 3.05) is 13.1 Å². The monoisotopic (exact) mass is 230 g/mol. The second-order valence-electron chi connectivity index (χ2n) is 5.08. The highest BCUT2D eigenvalue weighted by atomic mass is 16.1. The van der Waals surface area contributed by atoms with E-state index in [4.69, 9.17) is 0 Å². The van der Waals surface area contributed by atoms with Crippen LogP contribution in [0.2, 0.25) is 0 Å². The van der Waals surface area contributed by atoms with Gasteiger partial charge in [-0.2, -0.15) is 0 Å². The first-order valence-corrected chi connectivity index (χ1v) is 6.37. The Morgan fingerprint density at radius 1 is 1.18 bits per heavy atom. The van der Waals surface area contributed by atoms with Gasteiger partial charge in [0.05, 0.1) is 0 Å². The van der Waals surface area contributed by atoms with E-state index in [1.807, 2.05) is 0 Å². The van der Waals surface area contributed by atoms with E-state index in [2.05, 4.69) is 41.0 Å². The molecule has 3 heteroatoms. The van der Waals surface area contributed by atoms with Crippen LogP contribution in [0.1, 0.15) is 24.8 Å². The van der Waals surface area contributed by atoms with Crippen LogP contribution in [0, 0.1) is 0 Å². The summed E-state index contributed by atoms with van der Waals surface area (Å²) in [5, 5.41) is 6.55. The van der Waals surface area contributed by atoms with Crippen molar-refractivity contribution >= 4 is 5.91 Å². The minimum Gasteiger partial charge on any atom is -0.355 e. The molecule has 17 heavy (non-hydrogen) atoms. The Morgan fingerprint density at radius 3 is 2.82 bits per heavy atom. The maximum absolute atomic E-state index is 11.5. The van der Waals surface area contributed by atoms with Gasteiger partial charge in [-0.1, -0.05) is 30.3 Å². The van der Waals surface area contributed by atoms with E-state index in [0.717, 1.165) is 25.9 Å². The van der Waals surface area contributed by atoms with E-state index < -0.39 is 0 Å². The van der Waals surface area contributed by atoms with Gasteiger partial charge in [-0.25, -0.2) is 0 Å². The van der Waals surface area contributed by atoms with Gasteiger partial charge < -0.3 is 10.6 Å². The molecule has 1 aromatic rings. The maximum atomic E-state index is 11.5. The van der Waals surface area contributed by atoms with E-state index in [1.54, 1.807) is 0 Å². The van der Waals surface area contributed by atoms with Gasteiger partial charge in [-0.3, -0.25) is 4.79 Å². The fourth-order valence-corrected chi connectivity index (χ4v) is 3.31. The normalized spacial score (nSPS) is 32.7. The Balaban J connectivity index is 1.99. The van der Waals surface area contributed by atoms with Crippen molar-refractivity contribution in [3.8, 4) is 0 Å². The Hall–Kier alpha value is -1.35. The standard InChI is InChI=1S/C14H18N2O/c17-13-6-7-14(11-4-2-1-3-5-11)8-9-15-12(14)10-16-13/h1-5,12,15H,6-10H2,(H,16,17)/t12-,14+/m0/s1. The van der Waals surface area contributed by atoms with E-state index in [-0.39, 0.29) is 11.3 Å². The molecular weight excluding hydrogens is 212 g/mol. The predicted octanol–water partition coefficient (Wildman–Crippen LogP) is 1.20. The highest BCUT2D eigenvalue weighted by molar-refractivity contribution is 5.76. The van der Waals surface area contributed by atoms with Crippen molar-refractivity contribution in [3.05, 3.63) is 35.9 Å². The molecule has 0 unspecified atom stereocenters. The van der Waals surface area contributed by atoms with Crippen LogP contribution < -0.4 is 10.6 Å². The van der Waals surface area contributed by atoms with E-state index >= 15 is 0 Å². The van der Waals surface area contributed by atoms with Crippen molar-refractivity contribution in [3.63, 3.8) is 0 Å². The fourth-order valence-electron chi connectivity index (χ4n) is 3.31. The van der Waals surface area contributed by atoms with Crippen LogP contribution in [0.3, 0.4) is 0 Å². The average molecular weight is 230 g/mol. The zero-order valence-electron chi connectivity index (χ0n) is 9.91. The molecule has 1 aromatic carbocycles. The zero-order valence-corrected chi connectivity index (χ0v) is 9.91. The quantitative estimate of drug-likeness (QED) is 0.761. The molecule has 2 aliphatic heterocycles. The van der Waals surface area contributed by atoms with Crippen molar-refractivity contribution < 1.29 is 4.79 Å². The molecule has 2 heterocycles.